The Labute approximate surface area is 183 Å². The molecule has 33 heavy (non-hydrogen) atoms. The number of aromatic nitrogens is 2. The Morgan fingerprint density at radius 2 is 1.45 bits per heavy atom. The van der Waals surface area contributed by atoms with Crippen LogP contribution in [-0.2, 0) is 0 Å². The second-order valence-corrected chi connectivity index (χ2v) is 6.64. The van der Waals surface area contributed by atoms with Gasteiger partial charge in [0.1, 0.15) is 11.5 Å². The SMILES string of the molecule is COc1cc(Nc2ncc(F)c(Nc3ccc4c(c3)OC(F)(F)C(F)(F)O4)n2)cc(OC)c1. The van der Waals surface area contributed by atoms with Crippen molar-refractivity contribution in [3.63, 3.8) is 0 Å². The number of hydrogen-bond acceptors (Lipinski definition) is 8. The molecule has 2 heterocycles. The summed E-state index contributed by atoms with van der Waals surface area (Å²) in [7, 11) is 2.94. The molecule has 0 atom stereocenters. The van der Waals surface area contributed by atoms with E-state index in [1.54, 1.807) is 18.2 Å². The van der Waals surface area contributed by atoms with E-state index in [1.165, 1.54) is 20.3 Å². The summed E-state index contributed by atoms with van der Waals surface area (Å²) in [5.41, 5.74) is 0.496. The van der Waals surface area contributed by atoms with E-state index in [-0.39, 0.29) is 17.5 Å². The van der Waals surface area contributed by atoms with Crippen LogP contribution in [-0.4, -0.2) is 36.4 Å². The number of fused-ring (bicyclic) bond motifs is 1. The predicted molar refractivity (Wildman–Crippen MR) is 106 cm³/mol. The van der Waals surface area contributed by atoms with Crippen molar-refractivity contribution in [3.8, 4) is 23.0 Å². The first kappa shape index (κ1) is 22.2. The Balaban J connectivity index is 1.57. The van der Waals surface area contributed by atoms with Crippen molar-refractivity contribution in [1.29, 1.82) is 0 Å². The summed E-state index contributed by atoms with van der Waals surface area (Å²) in [6.07, 6.45) is -8.84. The fraction of sp³-hybridized carbons (Fsp3) is 0.200. The lowest BCUT2D eigenvalue weighted by Crippen LogP contribution is -2.52. The van der Waals surface area contributed by atoms with Crippen molar-refractivity contribution >= 4 is 23.1 Å². The Morgan fingerprint density at radius 3 is 2.09 bits per heavy atom. The second-order valence-electron chi connectivity index (χ2n) is 6.64. The average Bonchev–Trinajstić information content (AvgIpc) is 2.76. The molecule has 2 aromatic carbocycles. The highest BCUT2D eigenvalue weighted by molar-refractivity contribution is 5.64. The van der Waals surface area contributed by atoms with E-state index >= 15 is 0 Å². The highest BCUT2D eigenvalue weighted by atomic mass is 19.3. The molecule has 0 saturated heterocycles. The topological polar surface area (TPSA) is 86.8 Å². The third-order valence-electron chi connectivity index (χ3n) is 4.37. The van der Waals surface area contributed by atoms with Gasteiger partial charge in [0.2, 0.25) is 5.95 Å². The standard InChI is InChI=1S/C20H15F5N4O4/c1-30-12-5-11(6-13(8-12)31-2)28-18-26-9-14(21)17(29-18)27-10-3-4-15-16(7-10)33-20(24,25)19(22,23)32-15/h3-9H,1-2H3,(H2,26,27,28,29). The molecule has 0 amide bonds. The largest absolute Gasteiger partial charge is 0.507 e. The lowest BCUT2D eigenvalue weighted by atomic mass is 10.2. The first-order chi connectivity index (χ1) is 15.6. The van der Waals surface area contributed by atoms with Crippen LogP contribution < -0.4 is 29.6 Å². The lowest BCUT2D eigenvalue weighted by molar-refractivity contribution is -0.391. The van der Waals surface area contributed by atoms with Crippen molar-refractivity contribution < 1.29 is 40.9 Å². The van der Waals surface area contributed by atoms with Gasteiger partial charge in [-0.2, -0.15) is 22.5 Å². The fourth-order valence-corrected chi connectivity index (χ4v) is 2.81. The van der Waals surface area contributed by atoms with Crippen LogP contribution in [0.5, 0.6) is 23.0 Å². The number of nitrogens with zero attached hydrogens (tertiary/aromatic N) is 2. The van der Waals surface area contributed by atoms with Gasteiger partial charge in [-0.3, -0.25) is 0 Å². The zero-order valence-electron chi connectivity index (χ0n) is 17.0. The van der Waals surface area contributed by atoms with E-state index < -0.39 is 29.5 Å². The van der Waals surface area contributed by atoms with E-state index in [1.807, 2.05) is 0 Å². The summed E-state index contributed by atoms with van der Waals surface area (Å²) < 4.78 is 86.1. The number of ether oxygens (including phenoxy) is 4. The summed E-state index contributed by atoms with van der Waals surface area (Å²) in [4.78, 5) is 7.85. The number of benzene rings is 2. The number of rotatable bonds is 6. The van der Waals surface area contributed by atoms with Gasteiger partial charge in [0.25, 0.3) is 0 Å². The van der Waals surface area contributed by atoms with Crippen LogP contribution in [0.15, 0.2) is 42.6 Å². The monoisotopic (exact) mass is 470 g/mol. The van der Waals surface area contributed by atoms with E-state index in [4.69, 9.17) is 9.47 Å². The van der Waals surface area contributed by atoms with Gasteiger partial charge in [-0.15, -0.1) is 0 Å². The first-order valence-electron chi connectivity index (χ1n) is 9.17. The normalized spacial score (nSPS) is 15.5. The third-order valence-corrected chi connectivity index (χ3v) is 4.37. The van der Waals surface area contributed by atoms with Gasteiger partial charge in [-0.05, 0) is 12.1 Å². The van der Waals surface area contributed by atoms with Crippen molar-refractivity contribution in [1.82, 2.24) is 9.97 Å². The van der Waals surface area contributed by atoms with Gasteiger partial charge in [-0.1, -0.05) is 0 Å². The molecule has 0 unspecified atom stereocenters. The lowest BCUT2D eigenvalue weighted by Gasteiger charge is -2.31. The molecule has 4 rings (SSSR count). The van der Waals surface area contributed by atoms with Gasteiger partial charge in [-0.25, -0.2) is 9.37 Å². The number of alkyl halides is 4. The van der Waals surface area contributed by atoms with Crippen LogP contribution in [0.4, 0.5) is 45.1 Å². The Hall–Kier alpha value is -4.03. The maximum atomic E-state index is 14.3. The molecule has 3 aromatic rings. The second kappa shape index (κ2) is 8.15. The van der Waals surface area contributed by atoms with E-state index in [9.17, 15) is 22.0 Å². The van der Waals surface area contributed by atoms with Crippen LogP contribution >= 0.6 is 0 Å². The van der Waals surface area contributed by atoms with Crippen LogP contribution in [0.3, 0.4) is 0 Å². The van der Waals surface area contributed by atoms with E-state index in [0.717, 1.165) is 18.3 Å². The van der Waals surface area contributed by atoms with Gasteiger partial charge < -0.3 is 29.6 Å². The van der Waals surface area contributed by atoms with Gasteiger partial charge in [0, 0.05) is 35.6 Å². The molecule has 0 aliphatic carbocycles. The molecule has 174 valence electrons. The first-order valence-corrected chi connectivity index (χ1v) is 9.17. The quantitative estimate of drug-likeness (QED) is 0.483. The van der Waals surface area contributed by atoms with Crippen molar-refractivity contribution in [2.24, 2.45) is 0 Å². The molecule has 8 nitrogen and oxygen atoms in total. The third kappa shape index (κ3) is 4.47. The van der Waals surface area contributed by atoms with Crippen LogP contribution in [0.1, 0.15) is 0 Å². The Kier molecular flexibility index (Phi) is 5.47. The molecular formula is C20H15F5N4O4. The van der Waals surface area contributed by atoms with E-state index in [2.05, 4.69) is 30.1 Å². The molecule has 0 bridgehead atoms. The van der Waals surface area contributed by atoms with E-state index in [0.29, 0.717) is 17.2 Å². The molecule has 1 aliphatic heterocycles. The number of hydrogen-bond donors (Lipinski definition) is 2. The fourth-order valence-electron chi connectivity index (χ4n) is 2.81. The molecule has 1 aliphatic rings. The molecule has 0 fully saturated rings. The molecule has 2 N–H and O–H groups in total. The van der Waals surface area contributed by atoms with Crippen molar-refractivity contribution in [2.45, 2.75) is 12.2 Å². The van der Waals surface area contributed by atoms with Crippen LogP contribution in [0.25, 0.3) is 0 Å². The summed E-state index contributed by atoms with van der Waals surface area (Å²) in [5.74, 6) is -1.50. The molecule has 0 spiro atoms. The zero-order valence-corrected chi connectivity index (χ0v) is 17.0. The van der Waals surface area contributed by atoms with Gasteiger partial charge >= 0.3 is 12.2 Å². The van der Waals surface area contributed by atoms with Gasteiger partial charge in [0.05, 0.1) is 20.4 Å². The zero-order chi connectivity index (χ0) is 23.8. The minimum atomic E-state index is -4.88. The molecule has 0 saturated carbocycles. The molecule has 0 radical (unpaired) electrons. The Bertz CT molecular complexity index is 1170. The minimum Gasteiger partial charge on any atom is -0.497 e. The molecule has 1 aromatic heterocycles. The minimum absolute atomic E-state index is 0.0158. The summed E-state index contributed by atoms with van der Waals surface area (Å²) in [6.45, 7) is 0. The summed E-state index contributed by atoms with van der Waals surface area (Å²) in [6, 6.07) is 8.01. The van der Waals surface area contributed by atoms with Crippen LogP contribution in [0, 0.1) is 5.82 Å². The number of anilines is 4. The smallest absolute Gasteiger partial charge is 0.497 e. The van der Waals surface area contributed by atoms with Gasteiger partial charge in [0.15, 0.2) is 23.1 Å². The number of nitrogens with one attached hydrogen (secondary N) is 2. The maximum Gasteiger partial charge on any atom is 0.507 e. The predicted octanol–water partition coefficient (Wildman–Crippen LogP) is 5.08. The highest BCUT2D eigenvalue weighted by Gasteiger charge is 2.65. The number of halogens is 5. The molecular weight excluding hydrogens is 455 g/mol. The van der Waals surface area contributed by atoms with Crippen molar-refractivity contribution in [2.75, 3.05) is 24.9 Å². The highest BCUT2D eigenvalue weighted by Crippen LogP contribution is 2.47. The van der Waals surface area contributed by atoms with Crippen molar-refractivity contribution in [3.05, 3.63) is 48.4 Å². The van der Waals surface area contributed by atoms with Crippen LogP contribution in [0.2, 0.25) is 0 Å². The number of methoxy groups -OCH3 is 2. The average molecular weight is 470 g/mol. The summed E-state index contributed by atoms with van der Waals surface area (Å²) in [5, 5.41) is 5.42. The maximum absolute atomic E-state index is 14.3. The Morgan fingerprint density at radius 1 is 0.818 bits per heavy atom. The summed E-state index contributed by atoms with van der Waals surface area (Å²) >= 11 is 0. The molecule has 13 heteroatoms.